The van der Waals surface area contributed by atoms with Crippen LogP contribution in [-0.4, -0.2) is 9.13 Å². The molecule has 0 aliphatic rings. The Morgan fingerprint density at radius 1 is 0.380 bits per heavy atom. The summed E-state index contributed by atoms with van der Waals surface area (Å²) in [6.45, 7) is 0. The van der Waals surface area contributed by atoms with E-state index in [0.29, 0.717) is 16.7 Å². The lowest BCUT2D eigenvalue weighted by molar-refractivity contribution is 1.18. The highest BCUT2D eigenvalue weighted by Gasteiger charge is 2.19. The van der Waals surface area contributed by atoms with Crippen LogP contribution < -0.4 is 0 Å². The summed E-state index contributed by atoms with van der Waals surface area (Å²) >= 11 is 0. The predicted molar refractivity (Wildman–Crippen MR) is 200 cm³/mol. The SMILES string of the molecule is N#Cc1ccc2c(c1)c1ccc(C#N)cc1n2-c1ccccc1-c1ccc(-c2ccc(-n3c4ccccc4c4ccccc43)cc2)cc1C#N. The van der Waals surface area contributed by atoms with Gasteiger partial charge in [0, 0.05) is 38.4 Å². The Kier molecular flexibility index (Phi) is 6.56. The molecule has 0 fully saturated rings. The van der Waals surface area contributed by atoms with Crippen LogP contribution in [0.4, 0.5) is 0 Å². The van der Waals surface area contributed by atoms with Crippen molar-refractivity contribution in [2.75, 3.05) is 0 Å². The van der Waals surface area contributed by atoms with Gasteiger partial charge in [0.15, 0.2) is 0 Å². The smallest absolute Gasteiger partial charge is 0.0998 e. The standard InChI is InChI=1S/C45H25N5/c46-26-29-14-22-44-40(23-29)39-20-13-30(27-47)24-45(39)50(44)43-12-6-1-7-36(43)35-21-17-32(25-33(35)28-48)31-15-18-34(19-16-31)49-41-10-4-2-8-37(41)38-9-3-5-11-42(38)49/h1-25H. The van der Waals surface area contributed by atoms with Gasteiger partial charge in [0.2, 0.25) is 0 Å². The molecule has 230 valence electrons. The quantitative estimate of drug-likeness (QED) is 0.193. The summed E-state index contributed by atoms with van der Waals surface area (Å²) in [6.07, 6.45) is 0. The molecule has 0 saturated heterocycles. The summed E-state index contributed by atoms with van der Waals surface area (Å²) in [5, 5.41) is 34.2. The lowest BCUT2D eigenvalue weighted by atomic mass is 9.94. The number of hydrogen-bond donors (Lipinski definition) is 0. The first-order chi connectivity index (χ1) is 24.7. The molecule has 0 bridgehead atoms. The van der Waals surface area contributed by atoms with Gasteiger partial charge in [0.25, 0.3) is 0 Å². The van der Waals surface area contributed by atoms with Crippen LogP contribution in [0.5, 0.6) is 0 Å². The maximum Gasteiger partial charge on any atom is 0.0998 e. The maximum absolute atomic E-state index is 10.5. The lowest BCUT2D eigenvalue weighted by Crippen LogP contribution is -1.99. The number of rotatable bonds is 4. The van der Waals surface area contributed by atoms with E-state index in [2.05, 4.69) is 106 Å². The summed E-state index contributed by atoms with van der Waals surface area (Å²) in [5.41, 5.74) is 11.4. The first-order valence-corrected chi connectivity index (χ1v) is 16.3. The fraction of sp³-hybridized carbons (Fsp3) is 0. The van der Waals surface area contributed by atoms with E-state index in [1.807, 2.05) is 66.7 Å². The number of nitriles is 3. The van der Waals surface area contributed by atoms with Crippen LogP contribution in [0.1, 0.15) is 16.7 Å². The van der Waals surface area contributed by atoms with E-state index in [1.165, 1.54) is 10.8 Å². The molecular formula is C45H25N5. The minimum Gasteiger partial charge on any atom is -0.309 e. The molecule has 2 heterocycles. The van der Waals surface area contributed by atoms with Crippen LogP contribution in [0.25, 0.3) is 77.2 Å². The number of hydrogen-bond acceptors (Lipinski definition) is 3. The van der Waals surface area contributed by atoms with Crippen molar-refractivity contribution >= 4 is 43.6 Å². The third-order valence-corrected chi connectivity index (χ3v) is 9.64. The third kappa shape index (κ3) is 4.38. The fourth-order valence-corrected chi connectivity index (χ4v) is 7.37. The largest absolute Gasteiger partial charge is 0.309 e. The molecule has 0 atom stereocenters. The molecular weight excluding hydrogens is 611 g/mol. The highest BCUT2D eigenvalue weighted by atomic mass is 15.0. The van der Waals surface area contributed by atoms with Gasteiger partial charge in [-0.15, -0.1) is 0 Å². The van der Waals surface area contributed by atoms with Gasteiger partial charge >= 0.3 is 0 Å². The van der Waals surface area contributed by atoms with Crippen LogP contribution in [0.3, 0.4) is 0 Å². The average Bonchev–Trinajstić information content (AvgIpc) is 3.69. The van der Waals surface area contributed by atoms with Crippen molar-refractivity contribution in [2.45, 2.75) is 0 Å². The molecule has 0 radical (unpaired) electrons. The van der Waals surface area contributed by atoms with E-state index in [4.69, 9.17) is 0 Å². The number of fused-ring (bicyclic) bond motifs is 6. The zero-order chi connectivity index (χ0) is 33.8. The van der Waals surface area contributed by atoms with Gasteiger partial charge in [-0.2, -0.15) is 15.8 Å². The van der Waals surface area contributed by atoms with Crippen molar-refractivity contribution < 1.29 is 0 Å². The van der Waals surface area contributed by atoms with E-state index >= 15 is 0 Å². The van der Waals surface area contributed by atoms with Crippen LogP contribution in [0.15, 0.2) is 152 Å². The van der Waals surface area contributed by atoms with Crippen LogP contribution in [0.2, 0.25) is 0 Å². The Bertz CT molecular complexity index is 2900. The molecule has 5 heteroatoms. The lowest BCUT2D eigenvalue weighted by Gasteiger charge is -2.16. The molecule has 0 aliphatic heterocycles. The molecule has 9 aromatic rings. The van der Waals surface area contributed by atoms with Gasteiger partial charge in [-0.3, -0.25) is 0 Å². The minimum atomic E-state index is 0.547. The molecule has 0 unspecified atom stereocenters. The second-order valence-electron chi connectivity index (χ2n) is 12.3. The van der Waals surface area contributed by atoms with Crippen LogP contribution in [0, 0.1) is 34.0 Å². The Labute approximate surface area is 287 Å². The summed E-state index contributed by atoms with van der Waals surface area (Å²) < 4.78 is 4.43. The molecule has 0 spiro atoms. The zero-order valence-corrected chi connectivity index (χ0v) is 26.7. The van der Waals surface area contributed by atoms with Crippen molar-refractivity contribution in [1.29, 1.82) is 15.8 Å². The van der Waals surface area contributed by atoms with E-state index in [-0.39, 0.29) is 0 Å². The van der Waals surface area contributed by atoms with Gasteiger partial charge in [-0.25, -0.2) is 0 Å². The third-order valence-electron chi connectivity index (χ3n) is 9.64. The molecule has 2 aromatic heterocycles. The fourth-order valence-electron chi connectivity index (χ4n) is 7.37. The monoisotopic (exact) mass is 635 g/mol. The molecule has 0 N–H and O–H groups in total. The summed E-state index contributed by atoms with van der Waals surface area (Å²) in [6, 6.07) is 57.8. The number of benzene rings is 7. The highest BCUT2D eigenvalue weighted by molar-refractivity contribution is 6.11. The van der Waals surface area contributed by atoms with E-state index in [1.54, 1.807) is 6.07 Å². The molecule has 0 amide bonds. The first kappa shape index (κ1) is 28.8. The molecule has 7 aromatic carbocycles. The van der Waals surface area contributed by atoms with Gasteiger partial charge in [-0.1, -0.05) is 84.9 Å². The van der Waals surface area contributed by atoms with Crippen LogP contribution >= 0.6 is 0 Å². The van der Waals surface area contributed by atoms with Crippen molar-refractivity contribution in [2.24, 2.45) is 0 Å². The van der Waals surface area contributed by atoms with Crippen molar-refractivity contribution in [1.82, 2.24) is 9.13 Å². The van der Waals surface area contributed by atoms with Crippen molar-refractivity contribution in [3.8, 4) is 51.8 Å². The second-order valence-corrected chi connectivity index (χ2v) is 12.3. The molecule has 50 heavy (non-hydrogen) atoms. The molecule has 0 saturated carbocycles. The predicted octanol–water partition coefficient (Wildman–Crippen LogP) is 10.8. The molecule has 5 nitrogen and oxygen atoms in total. The van der Waals surface area contributed by atoms with Gasteiger partial charge in [0.1, 0.15) is 0 Å². The van der Waals surface area contributed by atoms with E-state index in [9.17, 15) is 15.8 Å². The van der Waals surface area contributed by atoms with Crippen LogP contribution in [-0.2, 0) is 0 Å². The summed E-state index contributed by atoms with van der Waals surface area (Å²) in [7, 11) is 0. The summed E-state index contributed by atoms with van der Waals surface area (Å²) in [5.74, 6) is 0. The molecule has 0 aliphatic carbocycles. The minimum absolute atomic E-state index is 0.547. The van der Waals surface area contributed by atoms with Crippen molar-refractivity contribution in [3.05, 3.63) is 168 Å². The normalized spacial score (nSPS) is 11.1. The van der Waals surface area contributed by atoms with Gasteiger partial charge in [-0.05, 0) is 77.9 Å². The van der Waals surface area contributed by atoms with Gasteiger partial charge < -0.3 is 9.13 Å². The second kappa shape index (κ2) is 11.4. The topological polar surface area (TPSA) is 81.2 Å². The van der Waals surface area contributed by atoms with Crippen molar-refractivity contribution in [3.63, 3.8) is 0 Å². The number of aromatic nitrogens is 2. The summed E-state index contributed by atoms with van der Waals surface area (Å²) in [4.78, 5) is 0. The first-order valence-electron chi connectivity index (χ1n) is 16.3. The number of para-hydroxylation sites is 3. The van der Waals surface area contributed by atoms with E-state index in [0.717, 1.165) is 66.5 Å². The highest BCUT2D eigenvalue weighted by Crippen LogP contribution is 2.39. The Morgan fingerprint density at radius 3 is 1.70 bits per heavy atom. The Balaban J connectivity index is 1.16. The van der Waals surface area contributed by atoms with E-state index < -0.39 is 0 Å². The van der Waals surface area contributed by atoms with Gasteiger partial charge in [0.05, 0.1) is 62.7 Å². The molecule has 9 rings (SSSR count). The average molecular weight is 636 g/mol. The zero-order valence-electron chi connectivity index (χ0n) is 26.7. The Morgan fingerprint density at radius 2 is 0.980 bits per heavy atom. The Hall–Kier alpha value is -7.39. The maximum atomic E-state index is 10.5. The number of nitrogens with zero attached hydrogens (tertiary/aromatic N) is 5.